The van der Waals surface area contributed by atoms with Crippen LogP contribution in [0.4, 0.5) is 0 Å². The van der Waals surface area contributed by atoms with Gasteiger partial charge in [-0.15, -0.1) is 0 Å². The Morgan fingerprint density at radius 1 is 0.452 bits per heavy atom. The second-order valence-electron chi connectivity index (χ2n) is 13.3. The second kappa shape index (κ2) is 8.79. The van der Waals surface area contributed by atoms with Crippen LogP contribution in [0.15, 0.2) is 115 Å². The molecule has 0 bridgehead atoms. The molecule has 42 heavy (non-hydrogen) atoms. The summed E-state index contributed by atoms with van der Waals surface area (Å²) in [7, 11) is 0. The third-order valence-corrected chi connectivity index (χ3v) is 10.3. The first-order valence-corrected chi connectivity index (χ1v) is 15.3. The minimum absolute atomic E-state index is 0.0429. The Kier molecular flexibility index (Phi) is 5.30. The Hall–Kier alpha value is -4.42. The number of hydrogen-bond donors (Lipinski definition) is 0. The number of hydrogen-bond acceptors (Lipinski definition) is 0. The normalized spacial score (nSPS) is 15.3. The summed E-state index contributed by atoms with van der Waals surface area (Å²) >= 11 is 0. The highest BCUT2D eigenvalue weighted by Crippen LogP contribution is 2.56. The van der Waals surface area contributed by atoms with Gasteiger partial charge in [0, 0.05) is 10.8 Å². The summed E-state index contributed by atoms with van der Waals surface area (Å²) < 4.78 is 0. The fraction of sp³-hybridized carbons (Fsp3) is 0.190. The van der Waals surface area contributed by atoms with Gasteiger partial charge in [-0.1, -0.05) is 143 Å². The van der Waals surface area contributed by atoms with E-state index in [0.717, 1.165) is 6.42 Å². The van der Waals surface area contributed by atoms with Crippen LogP contribution in [0.2, 0.25) is 0 Å². The smallest absolute Gasteiger partial charge is 0.0161 e. The van der Waals surface area contributed by atoms with Crippen molar-refractivity contribution in [2.24, 2.45) is 0 Å². The maximum atomic E-state index is 2.43. The van der Waals surface area contributed by atoms with Crippen LogP contribution in [0.25, 0.3) is 44.2 Å². The van der Waals surface area contributed by atoms with Crippen LogP contribution in [0, 0.1) is 6.92 Å². The Morgan fingerprint density at radius 3 is 1.90 bits per heavy atom. The van der Waals surface area contributed by atoms with Crippen molar-refractivity contribution in [1.29, 1.82) is 0 Å². The minimum Gasteiger partial charge on any atom is -0.0619 e. The van der Waals surface area contributed by atoms with Crippen molar-refractivity contribution in [3.63, 3.8) is 0 Å². The van der Waals surface area contributed by atoms with Crippen LogP contribution in [0.3, 0.4) is 0 Å². The van der Waals surface area contributed by atoms with Crippen LogP contribution in [-0.4, -0.2) is 0 Å². The molecule has 8 rings (SSSR count). The highest BCUT2D eigenvalue weighted by Gasteiger charge is 2.40. The lowest BCUT2D eigenvalue weighted by Gasteiger charge is -2.27. The molecule has 204 valence electrons. The average Bonchev–Trinajstić information content (AvgIpc) is 3.38. The van der Waals surface area contributed by atoms with Crippen molar-refractivity contribution >= 4 is 10.8 Å². The van der Waals surface area contributed by atoms with Crippen LogP contribution < -0.4 is 0 Å². The quantitative estimate of drug-likeness (QED) is 0.209. The Bertz CT molecular complexity index is 2060. The highest BCUT2D eigenvalue weighted by atomic mass is 14.4. The van der Waals surface area contributed by atoms with Gasteiger partial charge in [-0.05, 0) is 96.4 Å². The maximum absolute atomic E-state index is 2.43. The molecule has 2 aliphatic carbocycles. The molecule has 0 fully saturated rings. The number of rotatable bonds is 3. The molecule has 0 atom stereocenters. The molecule has 0 radical (unpaired) electrons. The largest absolute Gasteiger partial charge is 0.0619 e. The Balaban J connectivity index is 1.43. The van der Waals surface area contributed by atoms with Crippen LogP contribution in [0.5, 0.6) is 0 Å². The summed E-state index contributed by atoms with van der Waals surface area (Å²) in [6.45, 7) is 12.0. The summed E-state index contributed by atoms with van der Waals surface area (Å²) in [4.78, 5) is 0. The van der Waals surface area contributed by atoms with Gasteiger partial charge in [0.05, 0.1) is 0 Å². The topological polar surface area (TPSA) is 0 Å². The lowest BCUT2D eigenvalue weighted by molar-refractivity contribution is 0.656. The van der Waals surface area contributed by atoms with E-state index in [1.165, 1.54) is 83.1 Å². The molecule has 0 aliphatic heterocycles. The van der Waals surface area contributed by atoms with Gasteiger partial charge in [-0.2, -0.15) is 0 Å². The number of fused-ring (bicyclic) bond motifs is 7. The molecular formula is C42H36. The van der Waals surface area contributed by atoms with E-state index in [0.29, 0.717) is 0 Å². The number of benzene rings is 6. The van der Waals surface area contributed by atoms with Gasteiger partial charge in [0.2, 0.25) is 0 Å². The third-order valence-electron chi connectivity index (χ3n) is 10.3. The molecule has 0 unspecified atom stereocenters. The molecule has 0 nitrogen and oxygen atoms in total. The van der Waals surface area contributed by atoms with E-state index in [2.05, 4.69) is 150 Å². The molecule has 6 aromatic rings. The molecule has 2 aliphatic rings. The molecule has 6 aromatic carbocycles. The van der Waals surface area contributed by atoms with Gasteiger partial charge >= 0.3 is 0 Å². The average molecular weight is 541 g/mol. The highest BCUT2D eigenvalue weighted by molar-refractivity contribution is 5.97. The first kappa shape index (κ1) is 25.3. The van der Waals surface area contributed by atoms with Crippen LogP contribution in [0.1, 0.15) is 66.6 Å². The van der Waals surface area contributed by atoms with Crippen LogP contribution >= 0.6 is 0 Å². The first-order valence-electron chi connectivity index (χ1n) is 15.3. The third kappa shape index (κ3) is 3.36. The molecule has 0 saturated carbocycles. The maximum Gasteiger partial charge on any atom is 0.0161 e. The summed E-state index contributed by atoms with van der Waals surface area (Å²) in [6.07, 6.45) is 0.896. The Labute approximate surface area is 249 Å². The summed E-state index contributed by atoms with van der Waals surface area (Å²) in [5, 5.41) is 2.65. The second-order valence-corrected chi connectivity index (χ2v) is 13.3. The van der Waals surface area contributed by atoms with Crippen molar-refractivity contribution < 1.29 is 0 Å². The predicted octanol–water partition coefficient (Wildman–Crippen LogP) is 11.0. The van der Waals surface area contributed by atoms with E-state index in [1.807, 2.05) is 0 Å². The summed E-state index contributed by atoms with van der Waals surface area (Å²) in [5.74, 6) is 0. The van der Waals surface area contributed by atoms with Gasteiger partial charge in [-0.25, -0.2) is 0 Å². The SMILES string of the molecule is Cc1c(-c2c(Cc3cccc4ccccc34)ccc3c2-c2ccccc2C3(C)C)ccc2c1C(C)(C)c1ccccc1-2. The minimum atomic E-state index is -0.0447. The van der Waals surface area contributed by atoms with Crippen molar-refractivity contribution in [2.45, 2.75) is 51.9 Å². The van der Waals surface area contributed by atoms with Crippen molar-refractivity contribution in [2.75, 3.05) is 0 Å². The lowest BCUT2D eigenvalue weighted by Crippen LogP contribution is -2.17. The van der Waals surface area contributed by atoms with Gasteiger partial charge in [0.1, 0.15) is 0 Å². The van der Waals surface area contributed by atoms with Crippen molar-refractivity contribution in [3.05, 3.63) is 154 Å². The zero-order valence-electron chi connectivity index (χ0n) is 25.2. The molecule has 0 spiro atoms. The fourth-order valence-electron chi connectivity index (χ4n) is 8.35. The molecule has 0 saturated heterocycles. The monoisotopic (exact) mass is 540 g/mol. The van der Waals surface area contributed by atoms with E-state index in [-0.39, 0.29) is 10.8 Å². The first-order chi connectivity index (χ1) is 20.3. The van der Waals surface area contributed by atoms with Crippen molar-refractivity contribution in [3.8, 4) is 33.4 Å². The Morgan fingerprint density at radius 2 is 1.10 bits per heavy atom. The van der Waals surface area contributed by atoms with E-state index < -0.39 is 0 Å². The molecule has 0 amide bonds. The molecule has 0 heterocycles. The van der Waals surface area contributed by atoms with E-state index >= 15 is 0 Å². The summed E-state index contributed by atoms with van der Waals surface area (Å²) in [6, 6.07) is 43.3. The van der Waals surface area contributed by atoms with Gasteiger partial charge in [0.25, 0.3) is 0 Å². The van der Waals surface area contributed by atoms with Gasteiger partial charge in [0.15, 0.2) is 0 Å². The van der Waals surface area contributed by atoms with Crippen LogP contribution in [-0.2, 0) is 17.3 Å². The summed E-state index contributed by atoms with van der Waals surface area (Å²) in [5.41, 5.74) is 18.2. The lowest BCUT2D eigenvalue weighted by atomic mass is 9.76. The van der Waals surface area contributed by atoms with Gasteiger partial charge < -0.3 is 0 Å². The fourth-order valence-corrected chi connectivity index (χ4v) is 8.35. The zero-order valence-corrected chi connectivity index (χ0v) is 25.2. The van der Waals surface area contributed by atoms with Gasteiger partial charge in [-0.3, -0.25) is 0 Å². The van der Waals surface area contributed by atoms with E-state index in [4.69, 9.17) is 0 Å². The van der Waals surface area contributed by atoms with E-state index in [9.17, 15) is 0 Å². The molecular weight excluding hydrogens is 504 g/mol. The van der Waals surface area contributed by atoms with Crippen molar-refractivity contribution in [1.82, 2.24) is 0 Å². The molecule has 0 N–H and O–H groups in total. The standard InChI is InChI=1S/C42H36/c1-26-30(22-23-33-32-17-8-10-19-35(32)42(4,5)40(26)33)38-29(25-28-15-12-14-27-13-6-7-16-31(27)28)21-24-37-39(38)34-18-9-11-20-36(34)41(37,2)3/h6-24H,25H2,1-5H3. The molecule has 0 heteroatoms. The zero-order chi connectivity index (χ0) is 28.8. The molecule has 0 aromatic heterocycles. The van der Waals surface area contributed by atoms with E-state index in [1.54, 1.807) is 0 Å². The predicted molar refractivity (Wildman–Crippen MR) is 178 cm³/mol.